The molecule has 0 radical (unpaired) electrons. The summed E-state index contributed by atoms with van der Waals surface area (Å²) in [5.74, 6) is 5.54. The number of hydrogen-bond donors (Lipinski definition) is 3. The maximum atomic E-state index is 5.87. The van der Waals surface area contributed by atoms with Crippen LogP contribution in [0.15, 0.2) is 35.3 Å². The molecular weight excluding hydrogens is 208 g/mol. The lowest BCUT2D eigenvalue weighted by atomic mass is 10.0. The monoisotopic (exact) mass is 220 g/mol. The number of nitrogens with two attached hydrogens (primary N) is 2. The SMILES string of the molecule is NNC(c1ccsc1)c1cnccc1N. The highest BCUT2D eigenvalue weighted by Crippen LogP contribution is 2.26. The molecule has 15 heavy (non-hydrogen) atoms. The number of pyridine rings is 1. The van der Waals surface area contributed by atoms with Gasteiger partial charge in [-0.3, -0.25) is 10.8 Å². The minimum atomic E-state index is -0.0926. The summed E-state index contributed by atoms with van der Waals surface area (Å²) in [5, 5.41) is 4.04. The van der Waals surface area contributed by atoms with E-state index in [1.54, 1.807) is 29.8 Å². The van der Waals surface area contributed by atoms with Gasteiger partial charge in [0.2, 0.25) is 0 Å². The van der Waals surface area contributed by atoms with Gasteiger partial charge in [0.1, 0.15) is 0 Å². The first kappa shape index (κ1) is 10.1. The third kappa shape index (κ3) is 1.99. The Bertz CT molecular complexity index is 427. The minimum Gasteiger partial charge on any atom is -0.398 e. The normalized spacial score (nSPS) is 12.6. The van der Waals surface area contributed by atoms with Gasteiger partial charge in [-0.2, -0.15) is 11.3 Å². The number of nitrogens with zero attached hydrogens (tertiary/aromatic N) is 1. The van der Waals surface area contributed by atoms with E-state index in [2.05, 4.69) is 10.4 Å². The molecule has 0 saturated heterocycles. The molecule has 0 fully saturated rings. The summed E-state index contributed by atoms with van der Waals surface area (Å²) in [5.41, 5.74) is 11.3. The Hall–Kier alpha value is -1.43. The Balaban J connectivity index is 2.40. The summed E-state index contributed by atoms with van der Waals surface area (Å²) < 4.78 is 0. The zero-order valence-corrected chi connectivity index (χ0v) is 8.87. The maximum absolute atomic E-state index is 5.87. The van der Waals surface area contributed by atoms with Crippen molar-refractivity contribution >= 4 is 17.0 Å². The van der Waals surface area contributed by atoms with Gasteiger partial charge in [0.15, 0.2) is 0 Å². The van der Waals surface area contributed by atoms with Crippen LogP contribution in [0.2, 0.25) is 0 Å². The predicted octanol–water partition coefficient (Wildman–Crippen LogP) is 1.28. The smallest absolute Gasteiger partial charge is 0.0753 e. The first-order chi connectivity index (χ1) is 7.33. The van der Waals surface area contributed by atoms with E-state index >= 15 is 0 Å². The first-order valence-electron chi connectivity index (χ1n) is 4.50. The van der Waals surface area contributed by atoms with Gasteiger partial charge in [0, 0.05) is 23.6 Å². The molecule has 2 heterocycles. The Kier molecular flexibility index (Phi) is 2.96. The molecule has 0 aromatic carbocycles. The molecule has 78 valence electrons. The van der Waals surface area contributed by atoms with Gasteiger partial charge < -0.3 is 5.73 Å². The lowest BCUT2D eigenvalue weighted by Gasteiger charge is -2.16. The van der Waals surface area contributed by atoms with Gasteiger partial charge in [-0.05, 0) is 28.5 Å². The van der Waals surface area contributed by atoms with Crippen LogP contribution in [0.4, 0.5) is 5.69 Å². The van der Waals surface area contributed by atoms with E-state index in [1.807, 2.05) is 16.8 Å². The molecule has 0 aliphatic carbocycles. The van der Waals surface area contributed by atoms with Gasteiger partial charge in [0.05, 0.1) is 6.04 Å². The quantitative estimate of drug-likeness (QED) is 0.538. The third-order valence-corrected chi connectivity index (χ3v) is 2.94. The molecule has 0 bridgehead atoms. The molecule has 5 heteroatoms. The zero-order chi connectivity index (χ0) is 10.7. The van der Waals surface area contributed by atoms with Crippen LogP contribution in [-0.2, 0) is 0 Å². The fourth-order valence-corrected chi connectivity index (χ4v) is 2.15. The van der Waals surface area contributed by atoms with E-state index in [-0.39, 0.29) is 6.04 Å². The molecular formula is C10H12N4S. The third-order valence-electron chi connectivity index (χ3n) is 2.24. The van der Waals surface area contributed by atoms with Crippen molar-refractivity contribution in [2.24, 2.45) is 5.84 Å². The van der Waals surface area contributed by atoms with Gasteiger partial charge in [0.25, 0.3) is 0 Å². The first-order valence-corrected chi connectivity index (χ1v) is 5.45. The second-order valence-corrected chi connectivity index (χ2v) is 3.94. The van der Waals surface area contributed by atoms with Crippen LogP contribution >= 0.6 is 11.3 Å². The van der Waals surface area contributed by atoms with Gasteiger partial charge in [-0.1, -0.05) is 0 Å². The van der Waals surface area contributed by atoms with Crippen LogP contribution in [-0.4, -0.2) is 4.98 Å². The highest BCUT2D eigenvalue weighted by atomic mass is 32.1. The molecule has 0 aliphatic heterocycles. The Labute approximate surface area is 91.9 Å². The zero-order valence-electron chi connectivity index (χ0n) is 8.05. The van der Waals surface area contributed by atoms with Crippen molar-refractivity contribution in [3.63, 3.8) is 0 Å². The molecule has 0 amide bonds. The fourth-order valence-electron chi connectivity index (χ4n) is 1.46. The number of hydrogen-bond acceptors (Lipinski definition) is 5. The fraction of sp³-hybridized carbons (Fsp3) is 0.100. The van der Waals surface area contributed by atoms with Gasteiger partial charge in [-0.25, -0.2) is 5.43 Å². The largest absolute Gasteiger partial charge is 0.398 e. The molecule has 1 atom stereocenters. The second-order valence-electron chi connectivity index (χ2n) is 3.16. The average Bonchev–Trinajstić information content (AvgIpc) is 2.75. The highest BCUT2D eigenvalue weighted by Gasteiger charge is 2.15. The molecule has 0 spiro atoms. The maximum Gasteiger partial charge on any atom is 0.0753 e. The summed E-state index contributed by atoms with van der Waals surface area (Å²) in [4.78, 5) is 4.05. The summed E-state index contributed by atoms with van der Waals surface area (Å²) in [7, 11) is 0. The minimum absolute atomic E-state index is 0.0926. The lowest BCUT2D eigenvalue weighted by molar-refractivity contribution is 0.638. The summed E-state index contributed by atoms with van der Waals surface area (Å²) >= 11 is 1.63. The molecule has 0 aliphatic rings. The summed E-state index contributed by atoms with van der Waals surface area (Å²) in [6.45, 7) is 0. The van der Waals surface area contributed by atoms with Crippen molar-refractivity contribution in [1.82, 2.24) is 10.4 Å². The average molecular weight is 220 g/mol. The van der Waals surface area contributed by atoms with Crippen LogP contribution in [0.25, 0.3) is 0 Å². The number of anilines is 1. The number of nitrogen functional groups attached to an aromatic ring is 1. The molecule has 2 rings (SSSR count). The molecule has 1 unspecified atom stereocenters. The van der Waals surface area contributed by atoms with Crippen molar-refractivity contribution in [3.05, 3.63) is 46.4 Å². The van der Waals surface area contributed by atoms with Gasteiger partial charge >= 0.3 is 0 Å². The molecule has 4 nitrogen and oxygen atoms in total. The molecule has 2 aromatic heterocycles. The number of aromatic nitrogens is 1. The standard InChI is InChI=1S/C10H12N4S/c11-9-1-3-13-5-8(9)10(14-12)7-2-4-15-6-7/h1-6,10,14H,12H2,(H2,11,13). The number of rotatable bonds is 3. The van der Waals surface area contributed by atoms with Crippen molar-refractivity contribution in [1.29, 1.82) is 0 Å². The summed E-state index contributed by atoms with van der Waals surface area (Å²) in [6, 6.07) is 3.69. The Morgan fingerprint density at radius 2 is 2.27 bits per heavy atom. The highest BCUT2D eigenvalue weighted by molar-refractivity contribution is 7.08. The van der Waals surface area contributed by atoms with E-state index in [9.17, 15) is 0 Å². The molecule has 5 N–H and O–H groups in total. The van der Waals surface area contributed by atoms with Crippen molar-refractivity contribution in [2.45, 2.75) is 6.04 Å². The predicted molar refractivity (Wildman–Crippen MR) is 62.1 cm³/mol. The van der Waals surface area contributed by atoms with E-state index in [0.29, 0.717) is 5.69 Å². The van der Waals surface area contributed by atoms with Gasteiger partial charge in [-0.15, -0.1) is 0 Å². The van der Waals surface area contributed by atoms with Crippen LogP contribution in [0.1, 0.15) is 17.2 Å². The Morgan fingerprint density at radius 1 is 1.40 bits per heavy atom. The van der Waals surface area contributed by atoms with Crippen LogP contribution < -0.4 is 17.0 Å². The number of thiophene rings is 1. The van der Waals surface area contributed by atoms with E-state index in [1.165, 1.54) is 0 Å². The van der Waals surface area contributed by atoms with E-state index in [4.69, 9.17) is 11.6 Å². The van der Waals surface area contributed by atoms with Crippen LogP contribution in [0.5, 0.6) is 0 Å². The van der Waals surface area contributed by atoms with Crippen LogP contribution in [0.3, 0.4) is 0 Å². The van der Waals surface area contributed by atoms with Crippen LogP contribution in [0, 0.1) is 0 Å². The van der Waals surface area contributed by atoms with Crippen molar-refractivity contribution < 1.29 is 0 Å². The molecule has 0 saturated carbocycles. The number of nitrogens with one attached hydrogen (secondary N) is 1. The van der Waals surface area contributed by atoms with E-state index < -0.39 is 0 Å². The van der Waals surface area contributed by atoms with Crippen molar-refractivity contribution in [3.8, 4) is 0 Å². The second kappa shape index (κ2) is 4.39. The Morgan fingerprint density at radius 3 is 2.87 bits per heavy atom. The van der Waals surface area contributed by atoms with E-state index in [0.717, 1.165) is 11.1 Å². The number of hydrazine groups is 1. The molecule has 2 aromatic rings. The lowest BCUT2D eigenvalue weighted by Crippen LogP contribution is -2.29. The van der Waals surface area contributed by atoms with Crippen molar-refractivity contribution in [2.75, 3.05) is 5.73 Å². The summed E-state index contributed by atoms with van der Waals surface area (Å²) in [6.07, 6.45) is 3.40. The topological polar surface area (TPSA) is 77.0 Å².